The number of nitrogens with one attached hydrogen (secondary N) is 1. The Balaban J connectivity index is 1.44. The molecule has 0 aliphatic carbocycles. The van der Waals surface area contributed by atoms with Crippen molar-refractivity contribution in [1.82, 2.24) is 24.5 Å². The zero-order valence-electron chi connectivity index (χ0n) is 18.8. The third kappa shape index (κ3) is 5.16. The van der Waals surface area contributed by atoms with Crippen LogP contribution < -0.4 is 11.1 Å². The van der Waals surface area contributed by atoms with Crippen molar-refractivity contribution in [3.8, 4) is 11.4 Å². The Hall–Kier alpha value is -3.40. The van der Waals surface area contributed by atoms with Crippen LogP contribution in [0.3, 0.4) is 0 Å². The molecule has 4 heterocycles. The second-order valence-electron chi connectivity index (χ2n) is 8.25. The summed E-state index contributed by atoms with van der Waals surface area (Å²) >= 11 is 0. The highest BCUT2D eigenvalue weighted by Crippen LogP contribution is 2.30. The van der Waals surface area contributed by atoms with Gasteiger partial charge in [0.15, 0.2) is 5.82 Å². The number of carbonyl (C=O) groups excluding carboxylic acids is 1. The first kappa shape index (κ1) is 22.8. The molecule has 1 saturated heterocycles. The lowest BCUT2D eigenvalue weighted by Gasteiger charge is -2.26. The van der Waals surface area contributed by atoms with E-state index in [0.717, 1.165) is 30.7 Å². The second-order valence-corrected chi connectivity index (χ2v) is 8.25. The van der Waals surface area contributed by atoms with Crippen LogP contribution in [0.4, 0.5) is 10.3 Å². The number of hydrogen-bond donors (Lipinski definition) is 2. The Bertz CT molecular complexity index is 1110. The summed E-state index contributed by atoms with van der Waals surface area (Å²) in [7, 11) is 0. The Morgan fingerprint density at radius 1 is 1.24 bits per heavy atom. The number of ether oxygens (including phenoxy) is 1. The van der Waals surface area contributed by atoms with E-state index in [4.69, 9.17) is 10.5 Å². The van der Waals surface area contributed by atoms with Gasteiger partial charge in [-0.25, -0.2) is 19.3 Å². The molecule has 0 bridgehead atoms. The molecule has 9 nitrogen and oxygen atoms in total. The predicted molar refractivity (Wildman–Crippen MR) is 121 cm³/mol. The van der Waals surface area contributed by atoms with E-state index in [1.807, 2.05) is 13.0 Å². The van der Waals surface area contributed by atoms with Crippen molar-refractivity contribution < 1.29 is 13.9 Å². The summed E-state index contributed by atoms with van der Waals surface area (Å²) in [4.78, 5) is 28.2. The van der Waals surface area contributed by atoms with Gasteiger partial charge in [-0.05, 0) is 43.7 Å². The van der Waals surface area contributed by atoms with E-state index in [2.05, 4.69) is 36.7 Å². The van der Waals surface area contributed by atoms with E-state index in [-0.39, 0.29) is 23.3 Å². The van der Waals surface area contributed by atoms with Gasteiger partial charge in [-0.2, -0.15) is 0 Å². The zero-order chi connectivity index (χ0) is 23.4. The molecular formula is C23H28FN7O2. The number of primary amides is 1. The van der Waals surface area contributed by atoms with Gasteiger partial charge < -0.3 is 20.4 Å². The minimum absolute atomic E-state index is 0.185. The minimum Gasteiger partial charge on any atom is -0.381 e. The number of amides is 1. The molecule has 1 unspecified atom stereocenters. The number of nitrogens with zero attached hydrogens (tertiary/aromatic N) is 5. The molecule has 3 aromatic rings. The summed E-state index contributed by atoms with van der Waals surface area (Å²) in [6.07, 6.45) is 7.01. The molecule has 0 saturated carbocycles. The molecule has 1 aliphatic heterocycles. The van der Waals surface area contributed by atoms with Gasteiger partial charge in [-0.1, -0.05) is 13.0 Å². The number of halogens is 1. The number of aryl methyl sites for hydroxylation is 1. The second kappa shape index (κ2) is 10.0. The van der Waals surface area contributed by atoms with Crippen LogP contribution in [0.25, 0.3) is 11.4 Å². The number of hydrogen-bond acceptors (Lipinski definition) is 7. The average molecular weight is 454 g/mol. The topological polar surface area (TPSA) is 121 Å². The number of rotatable bonds is 8. The highest BCUT2D eigenvalue weighted by Gasteiger charge is 2.23. The van der Waals surface area contributed by atoms with Crippen molar-refractivity contribution >= 4 is 11.9 Å². The molecule has 3 N–H and O–H groups in total. The van der Waals surface area contributed by atoms with Crippen LogP contribution in [0.2, 0.25) is 0 Å². The summed E-state index contributed by atoms with van der Waals surface area (Å²) in [5, 5.41) is 3.19. The number of nitrogens with two attached hydrogens (primary N) is 1. The van der Waals surface area contributed by atoms with Gasteiger partial charge in [0.25, 0.3) is 5.91 Å². The zero-order valence-corrected chi connectivity index (χ0v) is 18.8. The standard InChI is InChI=1S/C23H28FN7O2/c1-14(16-3-4-19(22(25)32)28-11-16)5-8-26-23-29-12-18(24)21(30-23)20-13-27-15(2)31(20)17-6-9-33-10-7-17/h3-4,11-14,17H,5-10H2,1-2H3,(H2,25,32)(H,26,29,30). The average Bonchev–Trinajstić information content (AvgIpc) is 3.21. The number of pyridine rings is 1. The summed E-state index contributed by atoms with van der Waals surface area (Å²) in [5.41, 5.74) is 7.36. The van der Waals surface area contributed by atoms with Gasteiger partial charge in [0.2, 0.25) is 5.95 Å². The third-order valence-electron chi connectivity index (χ3n) is 5.99. The van der Waals surface area contributed by atoms with Gasteiger partial charge in [0.05, 0.1) is 18.1 Å². The molecule has 0 spiro atoms. The molecule has 1 amide bonds. The van der Waals surface area contributed by atoms with E-state index < -0.39 is 11.7 Å². The normalized spacial score (nSPS) is 15.4. The largest absolute Gasteiger partial charge is 0.381 e. The fourth-order valence-electron chi connectivity index (χ4n) is 4.07. The summed E-state index contributed by atoms with van der Waals surface area (Å²) < 4.78 is 22.2. The summed E-state index contributed by atoms with van der Waals surface area (Å²) in [6, 6.07) is 3.68. The first-order chi connectivity index (χ1) is 15.9. The van der Waals surface area contributed by atoms with Crippen LogP contribution in [0, 0.1) is 12.7 Å². The Labute approximate surface area is 191 Å². The van der Waals surface area contributed by atoms with Crippen molar-refractivity contribution in [3.05, 3.63) is 53.6 Å². The van der Waals surface area contributed by atoms with Crippen molar-refractivity contribution in [1.29, 1.82) is 0 Å². The number of aromatic nitrogens is 5. The van der Waals surface area contributed by atoms with E-state index in [1.165, 1.54) is 6.20 Å². The van der Waals surface area contributed by atoms with Gasteiger partial charge in [-0.3, -0.25) is 9.78 Å². The minimum atomic E-state index is -0.548. The smallest absolute Gasteiger partial charge is 0.267 e. The number of anilines is 1. The molecule has 1 atom stereocenters. The maximum absolute atomic E-state index is 14.7. The Morgan fingerprint density at radius 3 is 2.73 bits per heavy atom. The van der Waals surface area contributed by atoms with Gasteiger partial charge >= 0.3 is 0 Å². The van der Waals surface area contributed by atoms with E-state index in [9.17, 15) is 9.18 Å². The van der Waals surface area contributed by atoms with Crippen LogP contribution in [-0.4, -0.2) is 50.2 Å². The lowest BCUT2D eigenvalue weighted by atomic mass is 9.99. The maximum atomic E-state index is 14.7. The molecule has 3 aromatic heterocycles. The first-order valence-corrected chi connectivity index (χ1v) is 11.1. The van der Waals surface area contributed by atoms with Gasteiger partial charge in [0.1, 0.15) is 17.2 Å². The molecule has 1 fully saturated rings. The maximum Gasteiger partial charge on any atom is 0.267 e. The quantitative estimate of drug-likeness (QED) is 0.537. The fourth-order valence-corrected chi connectivity index (χ4v) is 4.07. The van der Waals surface area contributed by atoms with Crippen LogP contribution in [0.15, 0.2) is 30.7 Å². The van der Waals surface area contributed by atoms with Crippen LogP contribution >= 0.6 is 0 Å². The van der Waals surface area contributed by atoms with Gasteiger partial charge in [-0.15, -0.1) is 0 Å². The number of carbonyl (C=O) groups is 1. The highest BCUT2D eigenvalue weighted by atomic mass is 19.1. The van der Waals surface area contributed by atoms with Crippen LogP contribution in [0.5, 0.6) is 0 Å². The van der Waals surface area contributed by atoms with E-state index >= 15 is 0 Å². The van der Waals surface area contributed by atoms with Crippen molar-refractivity contribution in [2.24, 2.45) is 5.73 Å². The van der Waals surface area contributed by atoms with Gasteiger partial charge in [0, 0.05) is 32.0 Å². The fraction of sp³-hybridized carbons (Fsp3) is 0.435. The molecule has 4 rings (SSSR count). The van der Waals surface area contributed by atoms with Crippen molar-refractivity contribution in [2.45, 2.75) is 45.1 Å². The highest BCUT2D eigenvalue weighted by molar-refractivity contribution is 5.90. The summed E-state index contributed by atoms with van der Waals surface area (Å²) in [6.45, 7) is 5.93. The lowest BCUT2D eigenvalue weighted by molar-refractivity contribution is 0.0694. The molecular weight excluding hydrogens is 425 g/mol. The van der Waals surface area contributed by atoms with Crippen molar-refractivity contribution in [2.75, 3.05) is 25.1 Å². The molecule has 1 aliphatic rings. The van der Waals surface area contributed by atoms with E-state index in [1.54, 1.807) is 18.5 Å². The third-order valence-corrected chi connectivity index (χ3v) is 5.99. The van der Waals surface area contributed by atoms with Crippen molar-refractivity contribution in [3.63, 3.8) is 0 Å². The SMILES string of the molecule is Cc1ncc(-c2nc(NCCC(C)c3ccc(C(N)=O)nc3)ncc2F)n1C1CCOCC1. The molecule has 33 heavy (non-hydrogen) atoms. The van der Waals surface area contributed by atoms with Crippen LogP contribution in [-0.2, 0) is 4.74 Å². The summed E-state index contributed by atoms with van der Waals surface area (Å²) in [5.74, 6) is 0.341. The van der Waals surface area contributed by atoms with E-state index in [0.29, 0.717) is 31.4 Å². The first-order valence-electron chi connectivity index (χ1n) is 11.1. The molecule has 0 aromatic carbocycles. The molecule has 0 radical (unpaired) electrons. The molecule has 10 heteroatoms. The monoisotopic (exact) mass is 453 g/mol. The lowest BCUT2D eigenvalue weighted by Crippen LogP contribution is -2.21. The Kier molecular flexibility index (Phi) is 6.93. The number of imidazole rings is 1. The molecule has 174 valence electrons. The predicted octanol–water partition coefficient (Wildman–Crippen LogP) is 3.24. The Morgan fingerprint density at radius 2 is 2.03 bits per heavy atom. The van der Waals surface area contributed by atoms with Crippen LogP contribution in [0.1, 0.15) is 60.0 Å².